The van der Waals surface area contributed by atoms with Crippen LogP contribution in [0.1, 0.15) is 29.5 Å². The van der Waals surface area contributed by atoms with Gasteiger partial charge in [0.15, 0.2) is 0 Å². The second-order valence-corrected chi connectivity index (χ2v) is 5.61. The molecular weight excluding hydrogens is 244 g/mol. The Morgan fingerprint density at radius 1 is 1.33 bits per heavy atom. The van der Waals surface area contributed by atoms with E-state index in [9.17, 15) is 0 Å². The molecule has 0 spiro atoms. The van der Waals surface area contributed by atoms with Crippen LogP contribution in [0.3, 0.4) is 0 Å². The molecule has 94 valence electrons. The largest absolute Gasteiger partial charge is 0.296 e. The molecule has 3 heterocycles. The van der Waals surface area contributed by atoms with Crippen LogP contribution in [0.2, 0.25) is 0 Å². The molecular formula is C13H16N4S. The molecule has 1 aliphatic heterocycles. The van der Waals surface area contributed by atoms with E-state index in [0.29, 0.717) is 5.92 Å². The Morgan fingerprint density at radius 2 is 2.33 bits per heavy atom. The minimum Gasteiger partial charge on any atom is -0.296 e. The molecule has 3 rings (SSSR count). The van der Waals surface area contributed by atoms with E-state index in [2.05, 4.69) is 19.9 Å². The summed E-state index contributed by atoms with van der Waals surface area (Å²) in [5, 5.41) is 3.25. The lowest BCUT2D eigenvalue weighted by Gasteiger charge is -2.31. The molecule has 0 bridgehead atoms. The SMILES string of the molecule is c1cc([C@@H]2CCCN(Cc3nccs3)C2)ncn1. The maximum Gasteiger partial charge on any atom is 0.115 e. The summed E-state index contributed by atoms with van der Waals surface area (Å²) < 4.78 is 0. The number of hydrogen-bond acceptors (Lipinski definition) is 5. The molecule has 0 saturated carbocycles. The third-order valence-electron chi connectivity index (χ3n) is 3.37. The number of likely N-dealkylation sites (tertiary alicyclic amines) is 1. The van der Waals surface area contributed by atoms with Crippen molar-refractivity contribution >= 4 is 11.3 Å². The number of nitrogens with zero attached hydrogens (tertiary/aromatic N) is 4. The molecule has 0 unspecified atom stereocenters. The van der Waals surface area contributed by atoms with E-state index < -0.39 is 0 Å². The third kappa shape index (κ3) is 2.73. The van der Waals surface area contributed by atoms with Crippen LogP contribution < -0.4 is 0 Å². The summed E-state index contributed by atoms with van der Waals surface area (Å²) >= 11 is 1.74. The maximum atomic E-state index is 4.38. The minimum absolute atomic E-state index is 0.543. The van der Waals surface area contributed by atoms with E-state index in [1.54, 1.807) is 17.7 Å². The summed E-state index contributed by atoms with van der Waals surface area (Å²) in [5.41, 5.74) is 1.17. The molecule has 1 saturated heterocycles. The molecule has 18 heavy (non-hydrogen) atoms. The van der Waals surface area contributed by atoms with Crippen molar-refractivity contribution in [1.29, 1.82) is 0 Å². The Labute approximate surface area is 111 Å². The van der Waals surface area contributed by atoms with E-state index in [4.69, 9.17) is 0 Å². The van der Waals surface area contributed by atoms with Crippen molar-refractivity contribution in [3.05, 3.63) is 40.9 Å². The summed E-state index contributed by atoms with van der Waals surface area (Å²) in [6.07, 6.45) is 7.83. The van der Waals surface area contributed by atoms with Crippen LogP contribution in [0.25, 0.3) is 0 Å². The van der Waals surface area contributed by atoms with Crippen molar-refractivity contribution in [2.45, 2.75) is 25.3 Å². The van der Waals surface area contributed by atoms with E-state index >= 15 is 0 Å². The molecule has 0 amide bonds. The van der Waals surface area contributed by atoms with Crippen LogP contribution in [0.15, 0.2) is 30.2 Å². The van der Waals surface area contributed by atoms with Gasteiger partial charge in [0, 0.05) is 35.9 Å². The van der Waals surface area contributed by atoms with Gasteiger partial charge in [-0.15, -0.1) is 11.3 Å². The van der Waals surface area contributed by atoms with Crippen LogP contribution in [-0.2, 0) is 6.54 Å². The zero-order chi connectivity index (χ0) is 12.2. The third-order valence-corrected chi connectivity index (χ3v) is 4.14. The molecule has 0 N–H and O–H groups in total. The number of thiazole rings is 1. The topological polar surface area (TPSA) is 41.9 Å². The molecule has 0 radical (unpaired) electrons. The van der Waals surface area contributed by atoms with E-state index in [1.165, 1.54) is 30.1 Å². The van der Waals surface area contributed by atoms with Gasteiger partial charge >= 0.3 is 0 Å². The van der Waals surface area contributed by atoms with E-state index in [1.807, 2.05) is 23.8 Å². The van der Waals surface area contributed by atoms with Crippen LogP contribution in [0.5, 0.6) is 0 Å². The fraction of sp³-hybridized carbons (Fsp3) is 0.462. The van der Waals surface area contributed by atoms with E-state index in [-0.39, 0.29) is 0 Å². The average molecular weight is 260 g/mol. The number of piperidine rings is 1. The van der Waals surface area contributed by atoms with Gasteiger partial charge < -0.3 is 0 Å². The van der Waals surface area contributed by atoms with Gasteiger partial charge in [-0.2, -0.15) is 0 Å². The molecule has 5 heteroatoms. The minimum atomic E-state index is 0.543. The molecule has 4 nitrogen and oxygen atoms in total. The number of hydrogen-bond donors (Lipinski definition) is 0. The first-order valence-electron chi connectivity index (χ1n) is 6.28. The van der Waals surface area contributed by atoms with Crippen molar-refractivity contribution in [3.8, 4) is 0 Å². The zero-order valence-electron chi connectivity index (χ0n) is 10.2. The molecule has 2 aromatic heterocycles. The summed E-state index contributed by atoms with van der Waals surface area (Å²) in [5.74, 6) is 0.543. The second kappa shape index (κ2) is 5.54. The first-order chi connectivity index (χ1) is 8.92. The van der Waals surface area contributed by atoms with Crippen LogP contribution in [0, 0.1) is 0 Å². The summed E-state index contributed by atoms with van der Waals surface area (Å²) in [6.45, 7) is 3.22. The Kier molecular flexibility index (Phi) is 3.61. The Hall–Kier alpha value is -1.33. The predicted molar refractivity (Wildman–Crippen MR) is 71.4 cm³/mol. The van der Waals surface area contributed by atoms with Gasteiger partial charge in [-0.1, -0.05) is 0 Å². The summed E-state index contributed by atoms with van der Waals surface area (Å²) in [4.78, 5) is 15.2. The number of aromatic nitrogens is 3. The predicted octanol–water partition coefficient (Wildman–Crippen LogP) is 2.31. The highest BCUT2D eigenvalue weighted by atomic mass is 32.1. The van der Waals surface area contributed by atoms with Crippen molar-refractivity contribution in [2.24, 2.45) is 0 Å². The summed E-state index contributed by atoms with van der Waals surface area (Å²) in [6, 6.07) is 2.04. The smallest absolute Gasteiger partial charge is 0.115 e. The van der Waals surface area contributed by atoms with Gasteiger partial charge in [-0.3, -0.25) is 4.90 Å². The van der Waals surface area contributed by atoms with Crippen LogP contribution in [0.4, 0.5) is 0 Å². The highest BCUT2D eigenvalue weighted by Gasteiger charge is 2.22. The lowest BCUT2D eigenvalue weighted by atomic mass is 9.94. The fourth-order valence-electron chi connectivity index (χ4n) is 2.51. The van der Waals surface area contributed by atoms with Crippen LogP contribution >= 0.6 is 11.3 Å². The lowest BCUT2D eigenvalue weighted by Crippen LogP contribution is -2.34. The van der Waals surface area contributed by atoms with Gasteiger partial charge in [0.05, 0.1) is 6.54 Å². The highest BCUT2D eigenvalue weighted by Crippen LogP contribution is 2.26. The Balaban J connectivity index is 1.65. The highest BCUT2D eigenvalue weighted by molar-refractivity contribution is 7.09. The molecule has 1 fully saturated rings. The van der Waals surface area contributed by atoms with Crippen molar-refractivity contribution in [2.75, 3.05) is 13.1 Å². The average Bonchev–Trinajstić information content (AvgIpc) is 2.93. The fourth-order valence-corrected chi connectivity index (χ4v) is 3.16. The van der Waals surface area contributed by atoms with Crippen molar-refractivity contribution in [1.82, 2.24) is 19.9 Å². The Morgan fingerprint density at radius 3 is 3.11 bits per heavy atom. The lowest BCUT2D eigenvalue weighted by molar-refractivity contribution is 0.198. The van der Waals surface area contributed by atoms with Crippen molar-refractivity contribution in [3.63, 3.8) is 0 Å². The molecule has 1 aliphatic rings. The van der Waals surface area contributed by atoms with Gasteiger partial charge in [0.1, 0.15) is 11.3 Å². The molecule has 0 aromatic carbocycles. The van der Waals surface area contributed by atoms with Gasteiger partial charge in [-0.05, 0) is 25.5 Å². The van der Waals surface area contributed by atoms with E-state index in [0.717, 1.165) is 13.1 Å². The maximum absolute atomic E-state index is 4.38. The first-order valence-corrected chi connectivity index (χ1v) is 7.16. The van der Waals surface area contributed by atoms with Gasteiger partial charge in [-0.25, -0.2) is 15.0 Å². The quantitative estimate of drug-likeness (QED) is 0.849. The summed E-state index contributed by atoms with van der Waals surface area (Å²) in [7, 11) is 0. The Bertz CT molecular complexity index is 471. The molecule has 1 atom stereocenters. The zero-order valence-corrected chi connectivity index (χ0v) is 11.0. The monoisotopic (exact) mass is 260 g/mol. The first kappa shape index (κ1) is 11.7. The standard InChI is InChI=1S/C13H16N4S/c1-2-11(12-3-4-14-10-16-12)8-17(6-1)9-13-15-5-7-18-13/h3-5,7,10-11H,1-2,6,8-9H2/t11-/m1/s1. The molecule has 2 aromatic rings. The van der Waals surface area contributed by atoms with Gasteiger partial charge in [0.2, 0.25) is 0 Å². The number of rotatable bonds is 3. The van der Waals surface area contributed by atoms with Crippen LogP contribution in [-0.4, -0.2) is 32.9 Å². The second-order valence-electron chi connectivity index (χ2n) is 4.63. The van der Waals surface area contributed by atoms with Crippen molar-refractivity contribution < 1.29 is 0 Å². The normalized spacial score (nSPS) is 21.0. The molecule has 0 aliphatic carbocycles. The van der Waals surface area contributed by atoms with Gasteiger partial charge in [0.25, 0.3) is 0 Å².